The molecule has 2 fully saturated rings. The predicted molar refractivity (Wildman–Crippen MR) is 110 cm³/mol. The average Bonchev–Trinajstić information content (AvgIpc) is 3.25. The van der Waals surface area contributed by atoms with E-state index in [0.29, 0.717) is 49.3 Å². The maximum absolute atomic E-state index is 13.0. The lowest BCUT2D eigenvalue weighted by molar-refractivity contribution is 0.0588. The number of piperazine rings is 1. The minimum absolute atomic E-state index is 0.0301. The number of amides is 1. The predicted octanol–water partition coefficient (Wildman–Crippen LogP) is 1.84. The molecule has 1 atom stereocenters. The third-order valence-electron chi connectivity index (χ3n) is 6.30. The number of sulfone groups is 1. The number of carbonyl (C=O) groups is 2. The third kappa shape index (κ3) is 3.18. The molecule has 0 radical (unpaired) electrons. The first-order valence-corrected chi connectivity index (χ1v) is 11.8. The van der Waals surface area contributed by atoms with Crippen molar-refractivity contribution in [1.29, 1.82) is 0 Å². The van der Waals surface area contributed by atoms with Gasteiger partial charge in [0.05, 0.1) is 11.5 Å². The lowest BCUT2D eigenvalue weighted by Crippen LogP contribution is -2.52. The van der Waals surface area contributed by atoms with Gasteiger partial charge in [-0.15, -0.1) is 0 Å². The van der Waals surface area contributed by atoms with E-state index in [9.17, 15) is 18.0 Å². The molecular formula is C22H22N2O4S. The maximum Gasteiger partial charge on any atom is 0.253 e. The number of carbonyl (C=O) groups excluding carboxylic acids is 2. The molecule has 7 heteroatoms. The number of hydrogen-bond acceptors (Lipinski definition) is 5. The third-order valence-corrected chi connectivity index (χ3v) is 8.05. The standard InChI is InChI=1S/C22H22N2O4S/c25-21-19-4-2-1-3-17(19)18-6-5-15(13-20(18)21)22(26)24-10-8-23(9-11-24)16-7-12-29(27,28)14-16/h1-6,13,16H,7-12,14H2. The fraction of sp³-hybridized carbons (Fsp3) is 0.364. The Hall–Kier alpha value is -2.51. The van der Waals surface area contributed by atoms with E-state index in [-0.39, 0.29) is 29.2 Å². The van der Waals surface area contributed by atoms with Gasteiger partial charge in [0.1, 0.15) is 0 Å². The molecule has 1 aliphatic carbocycles. The molecule has 150 valence electrons. The second-order valence-corrected chi connectivity index (χ2v) is 10.2. The van der Waals surface area contributed by atoms with Gasteiger partial charge in [-0.25, -0.2) is 8.42 Å². The number of rotatable bonds is 2. The van der Waals surface area contributed by atoms with Crippen molar-refractivity contribution in [3.05, 3.63) is 59.2 Å². The molecule has 1 amide bonds. The van der Waals surface area contributed by atoms with Crippen LogP contribution in [0.5, 0.6) is 0 Å². The average molecular weight is 410 g/mol. The Bertz CT molecular complexity index is 1120. The van der Waals surface area contributed by atoms with E-state index in [1.807, 2.05) is 30.3 Å². The minimum atomic E-state index is -2.91. The summed E-state index contributed by atoms with van der Waals surface area (Å²) in [6.45, 7) is 2.50. The molecule has 0 N–H and O–H groups in total. The summed E-state index contributed by atoms with van der Waals surface area (Å²) in [5.74, 6) is 0.393. The second kappa shape index (κ2) is 6.78. The minimum Gasteiger partial charge on any atom is -0.336 e. The fourth-order valence-corrected chi connectivity index (χ4v) is 6.46. The highest BCUT2D eigenvalue weighted by atomic mass is 32.2. The Morgan fingerprint density at radius 2 is 1.59 bits per heavy atom. The van der Waals surface area contributed by atoms with Gasteiger partial charge in [0.15, 0.2) is 15.6 Å². The van der Waals surface area contributed by atoms with Crippen molar-refractivity contribution in [3.8, 4) is 11.1 Å². The molecule has 2 aromatic carbocycles. The van der Waals surface area contributed by atoms with Crippen LogP contribution < -0.4 is 0 Å². The van der Waals surface area contributed by atoms with Crippen molar-refractivity contribution in [1.82, 2.24) is 9.80 Å². The number of nitrogens with zero attached hydrogens (tertiary/aromatic N) is 2. The molecule has 1 unspecified atom stereocenters. The van der Waals surface area contributed by atoms with Crippen molar-refractivity contribution >= 4 is 21.5 Å². The van der Waals surface area contributed by atoms with Crippen LogP contribution in [0, 0.1) is 0 Å². The van der Waals surface area contributed by atoms with Crippen molar-refractivity contribution in [2.45, 2.75) is 12.5 Å². The number of benzene rings is 2. The maximum atomic E-state index is 13.0. The monoisotopic (exact) mass is 410 g/mol. The molecule has 29 heavy (non-hydrogen) atoms. The van der Waals surface area contributed by atoms with Gasteiger partial charge in [0.2, 0.25) is 0 Å². The van der Waals surface area contributed by atoms with Gasteiger partial charge in [-0.3, -0.25) is 14.5 Å². The molecule has 2 heterocycles. The lowest BCUT2D eigenvalue weighted by Gasteiger charge is -2.37. The quantitative estimate of drug-likeness (QED) is 0.645. The molecule has 2 aliphatic heterocycles. The van der Waals surface area contributed by atoms with Gasteiger partial charge < -0.3 is 4.90 Å². The molecule has 2 aromatic rings. The topological polar surface area (TPSA) is 74.8 Å². The number of ketones is 1. The second-order valence-electron chi connectivity index (χ2n) is 8.02. The molecule has 0 aromatic heterocycles. The van der Waals surface area contributed by atoms with Gasteiger partial charge in [-0.1, -0.05) is 30.3 Å². The van der Waals surface area contributed by atoms with Crippen LogP contribution >= 0.6 is 0 Å². The summed E-state index contributed by atoms with van der Waals surface area (Å²) >= 11 is 0. The Morgan fingerprint density at radius 3 is 2.28 bits per heavy atom. The molecule has 2 saturated heterocycles. The zero-order chi connectivity index (χ0) is 20.2. The molecule has 0 saturated carbocycles. The largest absolute Gasteiger partial charge is 0.336 e. The van der Waals surface area contributed by atoms with Gasteiger partial charge in [0, 0.05) is 48.9 Å². The SMILES string of the molecule is O=C1c2ccccc2-c2ccc(C(=O)N3CCN(C4CCS(=O)(=O)C4)CC3)cc21. The van der Waals surface area contributed by atoms with Gasteiger partial charge in [-0.2, -0.15) is 0 Å². The van der Waals surface area contributed by atoms with Crippen LogP contribution in [0.25, 0.3) is 11.1 Å². The highest BCUT2D eigenvalue weighted by Gasteiger charge is 2.35. The smallest absolute Gasteiger partial charge is 0.253 e. The van der Waals surface area contributed by atoms with Crippen molar-refractivity contribution in [2.24, 2.45) is 0 Å². The highest BCUT2D eigenvalue weighted by Crippen LogP contribution is 2.36. The number of fused-ring (bicyclic) bond motifs is 3. The van der Waals surface area contributed by atoms with E-state index in [1.54, 1.807) is 17.0 Å². The Morgan fingerprint density at radius 1 is 0.897 bits per heavy atom. The Kier molecular flexibility index (Phi) is 4.33. The lowest BCUT2D eigenvalue weighted by atomic mass is 10.0. The highest BCUT2D eigenvalue weighted by molar-refractivity contribution is 7.91. The van der Waals surface area contributed by atoms with Crippen LogP contribution in [0.1, 0.15) is 32.7 Å². The fourth-order valence-electron chi connectivity index (χ4n) is 4.70. The first kappa shape index (κ1) is 18.5. The normalized spacial score (nSPS) is 23.1. The number of hydrogen-bond donors (Lipinski definition) is 0. The van der Waals surface area contributed by atoms with Crippen molar-refractivity contribution in [3.63, 3.8) is 0 Å². The van der Waals surface area contributed by atoms with E-state index < -0.39 is 9.84 Å². The van der Waals surface area contributed by atoms with E-state index in [0.717, 1.165) is 11.1 Å². The van der Waals surface area contributed by atoms with E-state index >= 15 is 0 Å². The first-order chi connectivity index (χ1) is 13.9. The summed E-state index contributed by atoms with van der Waals surface area (Å²) in [5.41, 5.74) is 3.61. The molecule has 5 rings (SSSR count). The summed E-state index contributed by atoms with van der Waals surface area (Å²) in [5, 5.41) is 0. The van der Waals surface area contributed by atoms with Crippen LogP contribution in [0.15, 0.2) is 42.5 Å². The van der Waals surface area contributed by atoms with Crippen molar-refractivity contribution < 1.29 is 18.0 Å². The van der Waals surface area contributed by atoms with E-state index in [1.165, 1.54) is 0 Å². The molecule has 0 bridgehead atoms. The van der Waals surface area contributed by atoms with Gasteiger partial charge in [-0.05, 0) is 29.7 Å². The summed E-state index contributed by atoms with van der Waals surface area (Å²) in [4.78, 5) is 29.7. The first-order valence-electron chi connectivity index (χ1n) is 9.95. The zero-order valence-corrected chi connectivity index (χ0v) is 16.8. The summed E-state index contributed by atoms with van der Waals surface area (Å²) in [7, 11) is -2.91. The Balaban J connectivity index is 1.30. The van der Waals surface area contributed by atoms with Crippen LogP contribution in [0.3, 0.4) is 0 Å². The molecule has 0 spiro atoms. The zero-order valence-electron chi connectivity index (χ0n) is 16.0. The van der Waals surface area contributed by atoms with Gasteiger partial charge in [0.25, 0.3) is 5.91 Å². The van der Waals surface area contributed by atoms with Gasteiger partial charge >= 0.3 is 0 Å². The van der Waals surface area contributed by atoms with Crippen molar-refractivity contribution in [2.75, 3.05) is 37.7 Å². The summed E-state index contributed by atoms with van der Waals surface area (Å²) in [6, 6.07) is 13.0. The van der Waals surface area contributed by atoms with Crippen LogP contribution in [-0.4, -0.2) is 73.6 Å². The van der Waals surface area contributed by atoms with Crippen LogP contribution in [0.4, 0.5) is 0 Å². The molecular weight excluding hydrogens is 388 g/mol. The summed E-state index contributed by atoms with van der Waals surface area (Å²) in [6.07, 6.45) is 0.684. The molecule has 6 nitrogen and oxygen atoms in total. The summed E-state index contributed by atoms with van der Waals surface area (Å²) < 4.78 is 23.4. The van der Waals surface area contributed by atoms with Crippen LogP contribution in [-0.2, 0) is 9.84 Å². The van der Waals surface area contributed by atoms with E-state index in [4.69, 9.17) is 0 Å². The van der Waals surface area contributed by atoms with E-state index in [2.05, 4.69) is 4.90 Å². The van der Waals surface area contributed by atoms with Crippen LogP contribution in [0.2, 0.25) is 0 Å². The Labute approximate surface area is 170 Å². The molecule has 3 aliphatic rings.